The number of anilines is 3. The lowest BCUT2D eigenvalue weighted by molar-refractivity contribution is -0.136. The fourth-order valence-electron chi connectivity index (χ4n) is 2.62. The molecule has 3 rings (SSSR count). The maximum atomic E-state index is 13.1. The summed E-state index contributed by atoms with van der Waals surface area (Å²) in [6, 6.07) is 6.84. The number of carbonyl (C=O) groups is 1. The lowest BCUT2D eigenvalue weighted by Crippen LogP contribution is -2.46. The summed E-state index contributed by atoms with van der Waals surface area (Å²) in [5.74, 6) is 0.882. The molecule has 1 aliphatic heterocycles. The molecular formula is C16H16F3N5O. The van der Waals surface area contributed by atoms with Gasteiger partial charge in [-0.25, -0.2) is 9.97 Å². The van der Waals surface area contributed by atoms with Crippen LogP contribution in [0.2, 0.25) is 0 Å². The molecule has 0 aliphatic carbocycles. The number of para-hydroxylation sites is 1. The number of nitrogens with zero attached hydrogens (tertiary/aromatic N) is 4. The van der Waals surface area contributed by atoms with E-state index in [-0.39, 0.29) is 11.5 Å². The number of halogens is 3. The molecule has 1 aromatic heterocycles. The number of nitrogens with one attached hydrogen (secondary N) is 1. The van der Waals surface area contributed by atoms with Crippen molar-refractivity contribution < 1.29 is 18.0 Å². The van der Waals surface area contributed by atoms with Gasteiger partial charge in [-0.05, 0) is 12.1 Å². The van der Waals surface area contributed by atoms with Gasteiger partial charge in [0.05, 0.1) is 11.3 Å². The molecule has 1 fully saturated rings. The Morgan fingerprint density at radius 3 is 2.48 bits per heavy atom. The van der Waals surface area contributed by atoms with Gasteiger partial charge in [-0.3, -0.25) is 4.79 Å². The third kappa shape index (κ3) is 3.98. The minimum atomic E-state index is -4.45. The van der Waals surface area contributed by atoms with Gasteiger partial charge >= 0.3 is 6.18 Å². The van der Waals surface area contributed by atoms with Crippen molar-refractivity contribution in [3.63, 3.8) is 0 Å². The van der Waals surface area contributed by atoms with Crippen LogP contribution in [0, 0.1) is 0 Å². The predicted molar refractivity (Wildman–Crippen MR) is 86.6 cm³/mol. The lowest BCUT2D eigenvalue weighted by Gasteiger charge is -2.33. The second kappa shape index (κ2) is 6.96. The summed E-state index contributed by atoms with van der Waals surface area (Å²) in [5, 5.41) is 2.71. The van der Waals surface area contributed by atoms with Gasteiger partial charge < -0.3 is 15.1 Å². The van der Waals surface area contributed by atoms with E-state index in [0.717, 1.165) is 12.5 Å². The molecule has 2 aromatic rings. The van der Waals surface area contributed by atoms with E-state index >= 15 is 0 Å². The van der Waals surface area contributed by atoms with Crippen LogP contribution in [0.3, 0.4) is 0 Å². The number of carbonyl (C=O) groups excluding carboxylic acids is 1. The molecule has 25 heavy (non-hydrogen) atoms. The number of benzene rings is 1. The van der Waals surface area contributed by atoms with Crippen molar-refractivity contribution in [1.29, 1.82) is 0 Å². The summed E-state index contributed by atoms with van der Waals surface area (Å²) >= 11 is 0. The minimum Gasteiger partial charge on any atom is -0.353 e. The monoisotopic (exact) mass is 351 g/mol. The lowest BCUT2D eigenvalue weighted by atomic mass is 10.1. The van der Waals surface area contributed by atoms with Crippen LogP contribution in [0.4, 0.5) is 30.5 Å². The fourth-order valence-corrected chi connectivity index (χ4v) is 2.62. The zero-order valence-corrected chi connectivity index (χ0v) is 13.2. The van der Waals surface area contributed by atoms with Gasteiger partial charge in [0.15, 0.2) is 0 Å². The largest absolute Gasteiger partial charge is 0.418 e. The first-order chi connectivity index (χ1) is 12.0. The predicted octanol–water partition coefficient (Wildman–Crippen LogP) is 2.52. The van der Waals surface area contributed by atoms with Crippen molar-refractivity contribution in [2.45, 2.75) is 6.18 Å². The third-order valence-corrected chi connectivity index (χ3v) is 3.94. The van der Waals surface area contributed by atoms with Crippen molar-refractivity contribution in [2.75, 3.05) is 36.4 Å². The summed E-state index contributed by atoms with van der Waals surface area (Å²) < 4.78 is 39.2. The maximum absolute atomic E-state index is 13.1. The molecule has 132 valence electrons. The standard InChI is InChI=1S/C16H16F3N5O/c17-16(18,19)12-3-1-2-4-13(12)22-14-9-15(21-10-20-14)24-7-5-23(11-25)6-8-24/h1-4,9-11H,5-8H2,(H,20,21,22). The zero-order chi connectivity index (χ0) is 17.9. The third-order valence-electron chi connectivity index (χ3n) is 3.94. The van der Waals surface area contributed by atoms with E-state index in [4.69, 9.17) is 0 Å². The topological polar surface area (TPSA) is 61.4 Å². The molecule has 1 N–H and O–H groups in total. The SMILES string of the molecule is O=CN1CCN(c2cc(Nc3ccccc3C(F)(F)F)ncn2)CC1. The summed E-state index contributed by atoms with van der Waals surface area (Å²) in [6.07, 6.45) is -2.34. The van der Waals surface area contributed by atoms with Gasteiger partial charge in [-0.15, -0.1) is 0 Å². The molecule has 1 saturated heterocycles. The molecule has 0 radical (unpaired) electrons. The second-order valence-corrected chi connectivity index (χ2v) is 5.56. The molecule has 1 aliphatic rings. The first kappa shape index (κ1) is 17.0. The molecule has 0 unspecified atom stereocenters. The summed E-state index contributed by atoms with van der Waals surface area (Å²) in [6.45, 7) is 2.36. The number of rotatable bonds is 4. The number of hydrogen-bond acceptors (Lipinski definition) is 5. The average molecular weight is 351 g/mol. The quantitative estimate of drug-likeness (QED) is 0.858. The fraction of sp³-hybridized carbons (Fsp3) is 0.312. The first-order valence-electron chi connectivity index (χ1n) is 7.67. The van der Waals surface area contributed by atoms with Crippen LogP contribution in [0.5, 0.6) is 0 Å². The molecule has 9 heteroatoms. The highest BCUT2D eigenvalue weighted by molar-refractivity contribution is 5.63. The molecular weight excluding hydrogens is 335 g/mol. The molecule has 6 nitrogen and oxygen atoms in total. The Hall–Kier alpha value is -2.84. The number of alkyl halides is 3. The van der Waals surface area contributed by atoms with E-state index in [1.165, 1.54) is 24.5 Å². The second-order valence-electron chi connectivity index (χ2n) is 5.56. The molecule has 0 spiro atoms. The number of hydrogen-bond donors (Lipinski definition) is 1. The van der Waals surface area contributed by atoms with Crippen LogP contribution in [0.1, 0.15) is 5.56 Å². The Morgan fingerprint density at radius 2 is 1.80 bits per heavy atom. The average Bonchev–Trinajstić information content (AvgIpc) is 2.62. The highest BCUT2D eigenvalue weighted by Crippen LogP contribution is 2.35. The Balaban J connectivity index is 1.78. The highest BCUT2D eigenvalue weighted by atomic mass is 19.4. The molecule has 1 aromatic carbocycles. The number of piperazine rings is 1. The molecule has 0 bridgehead atoms. The number of amides is 1. The van der Waals surface area contributed by atoms with E-state index in [1.807, 2.05) is 4.90 Å². The highest BCUT2D eigenvalue weighted by Gasteiger charge is 2.33. The Kier molecular flexibility index (Phi) is 4.73. The normalized spacial score (nSPS) is 15.2. The minimum absolute atomic E-state index is 0.0644. The Morgan fingerprint density at radius 1 is 1.08 bits per heavy atom. The van der Waals surface area contributed by atoms with Gasteiger partial charge in [-0.2, -0.15) is 13.2 Å². The van der Waals surface area contributed by atoms with E-state index in [0.29, 0.717) is 32.0 Å². The van der Waals surface area contributed by atoms with Gasteiger partial charge in [0.25, 0.3) is 0 Å². The van der Waals surface area contributed by atoms with E-state index in [2.05, 4.69) is 15.3 Å². The smallest absolute Gasteiger partial charge is 0.353 e. The summed E-state index contributed by atoms with van der Waals surface area (Å²) in [7, 11) is 0. The maximum Gasteiger partial charge on any atom is 0.418 e. The first-order valence-corrected chi connectivity index (χ1v) is 7.67. The number of aromatic nitrogens is 2. The Bertz CT molecular complexity index is 745. The van der Waals surface area contributed by atoms with Crippen LogP contribution >= 0.6 is 0 Å². The van der Waals surface area contributed by atoms with Crippen LogP contribution in [-0.2, 0) is 11.0 Å². The Labute approximate surface area is 142 Å². The van der Waals surface area contributed by atoms with Crippen LogP contribution in [0.15, 0.2) is 36.7 Å². The van der Waals surface area contributed by atoms with Crippen molar-refractivity contribution in [1.82, 2.24) is 14.9 Å². The molecule has 2 heterocycles. The van der Waals surface area contributed by atoms with Gasteiger partial charge in [0, 0.05) is 32.2 Å². The van der Waals surface area contributed by atoms with Gasteiger partial charge in [-0.1, -0.05) is 12.1 Å². The van der Waals surface area contributed by atoms with Crippen LogP contribution in [0.25, 0.3) is 0 Å². The van der Waals surface area contributed by atoms with E-state index in [9.17, 15) is 18.0 Å². The van der Waals surface area contributed by atoms with Crippen LogP contribution in [-0.4, -0.2) is 47.5 Å². The van der Waals surface area contributed by atoms with Gasteiger partial charge in [0.2, 0.25) is 6.41 Å². The van der Waals surface area contributed by atoms with Crippen molar-refractivity contribution >= 4 is 23.7 Å². The van der Waals surface area contributed by atoms with Crippen molar-refractivity contribution in [3.05, 3.63) is 42.2 Å². The van der Waals surface area contributed by atoms with E-state index < -0.39 is 11.7 Å². The van der Waals surface area contributed by atoms with Crippen molar-refractivity contribution in [2.24, 2.45) is 0 Å². The van der Waals surface area contributed by atoms with Crippen LogP contribution < -0.4 is 10.2 Å². The molecule has 0 saturated carbocycles. The molecule has 0 atom stereocenters. The zero-order valence-electron chi connectivity index (χ0n) is 13.2. The summed E-state index contributed by atoms with van der Waals surface area (Å²) in [5.41, 5.74) is -0.819. The molecule has 1 amide bonds. The van der Waals surface area contributed by atoms with Gasteiger partial charge in [0.1, 0.15) is 18.0 Å². The summed E-state index contributed by atoms with van der Waals surface area (Å²) in [4.78, 5) is 22.6. The van der Waals surface area contributed by atoms with Crippen molar-refractivity contribution in [3.8, 4) is 0 Å². The van der Waals surface area contributed by atoms with E-state index in [1.54, 1.807) is 11.0 Å².